The summed E-state index contributed by atoms with van der Waals surface area (Å²) in [4.78, 5) is 6.60. The van der Waals surface area contributed by atoms with E-state index in [2.05, 4.69) is 9.88 Å². The van der Waals surface area contributed by atoms with Crippen LogP contribution in [0, 0.1) is 6.92 Å². The summed E-state index contributed by atoms with van der Waals surface area (Å²) in [6, 6.07) is 4.04. The second-order valence-corrected chi connectivity index (χ2v) is 3.74. The zero-order valence-electron chi connectivity index (χ0n) is 10.4. The van der Waals surface area contributed by atoms with Crippen molar-refractivity contribution in [2.45, 2.75) is 20.4 Å². The van der Waals surface area contributed by atoms with Gasteiger partial charge in [-0.05, 0) is 25.5 Å². The van der Waals surface area contributed by atoms with Crippen molar-refractivity contribution in [1.29, 1.82) is 0 Å². The molecule has 1 aromatic heterocycles. The van der Waals surface area contributed by atoms with E-state index in [0.29, 0.717) is 6.54 Å². The number of ether oxygens (including phenoxy) is 1. The SMILES string of the molecule is CCOCCN(C)c1ccc(CN)c(C)n1. The van der Waals surface area contributed by atoms with Crippen LogP contribution in [0.15, 0.2) is 12.1 Å². The molecular weight excluding hydrogens is 202 g/mol. The highest BCUT2D eigenvalue weighted by Gasteiger charge is 2.04. The van der Waals surface area contributed by atoms with Gasteiger partial charge in [-0.1, -0.05) is 6.07 Å². The average Bonchev–Trinajstić information content (AvgIpc) is 2.29. The molecule has 0 aliphatic heterocycles. The predicted octanol–water partition coefficient (Wildman–Crippen LogP) is 1.32. The first-order chi connectivity index (χ1) is 7.69. The second kappa shape index (κ2) is 6.45. The number of hydrogen-bond donors (Lipinski definition) is 1. The molecule has 0 aromatic carbocycles. The lowest BCUT2D eigenvalue weighted by atomic mass is 10.2. The van der Waals surface area contributed by atoms with Crippen molar-refractivity contribution in [1.82, 2.24) is 4.98 Å². The van der Waals surface area contributed by atoms with Crippen molar-refractivity contribution in [3.05, 3.63) is 23.4 Å². The number of aromatic nitrogens is 1. The molecule has 0 atom stereocenters. The van der Waals surface area contributed by atoms with Gasteiger partial charge in [0.15, 0.2) is 0 Å². The Morgan fingerprint density at radius 2 is 2.19 bits per heavy atom. The number of nitrogens with two attached hydrogens (primary N) is 1. The van der Waals surface area contributed by atoms with Gasteiger partial charge in [-0.2, -0.15) is 0 Å². The van der Waals surface area contributed by atoms with Gasteiger partial charge in [0.25, 0.3) is 0 Å². The Labute approximate surface area is 97.4 Å². The van der Waals surface area contributed by atoms with Gasteiger partial charge in [0.05, 0.1) is 6.61 Å². The number of hydrogen-bond acceptors (Lipinski definition) is 4. The molecule has 0 fully saturated rings. The van der Waals surface area contributed by atoms with E-state index < -0.39 is 0 Å². The summed E-state index contributed by atoms with van der Waals surface area (Å²) in [5, 5.41) is 0. The molecule has 0 aliphatic carbocycles. The summed E-state index contributed by atoms with van der Waals surface area (Å²) in [6.07, 6.45) is 0. The molecule has 16 heavy (non-hydrogen) atoms. The fraction of sp³-hybridized carbons (Fsp3) is 0.583. The van der Waals surface area contributed by atoms with E-state index in [1.165, 1.54) is 0 Å². The lowest BCUT2D eigenvalue weighted by Crippen LogP contribution is -2.23. The fourth-order valence-corrected chi connectivity index (χ4v) is 1.47. The highest BCUT2D eigenvalue weighted by Crippen LogP contribution is 2.12. The van der Waals surface area contributed by atoms with Crippen LogP contribution >= 0.6 is 0 Å². The molecule has 0 radical (unpaired) electrons. The van der Waals surface area contributed by atoms with Crippen molar-refractivity contribution >= 4 is 5.82 Å². The molecule has 0 saturated carbocycles. The molecule has 1 aromatic rings. The maximum absolute atomic E-state index is 5.60. The van der Waals surface area contributed by atoms with Crippen molar-refractivity contribution in [2.75, 3.05) is 31.7 Å². The summed E-state index contributed by atoms with van der Waals surface area (Å²) in [5.74, 6) is 0.967. The van der Waals surface area contributed by atoms with Crippen LogP contribution in [0.25, 0.3) is 0 Å². The Bertz CT molecular complexity index is 328. The number of aryl methyl sites for hydroxylation is 1. The van der Waals surface area contributed by atoms with Crippen LogP contribution in [0.2, 0.25) is 0 Å². The van der Waals surface area contributed by atoms with Crippen molar-refractivity contribution < 1.29 is 4.74 Å². The summed E-state index contributed by atoms with van der Waals surface area (Å²) < 4.78 is 5.31. The highest BCUT2D eigenvalue weighted by atomic mass is 16.5. The minimum atomic E-state index is 0.543. The Hall–Kier alpha value is -1.13. The molecule has 0 saturated heterocycles. The van der Waals surface area contributed by atoms with Crippen molar-refractivity contribution in [3.63, 3.8) is 0 Å². The molecular formula is C12H21N3O. The first-order valence-electron chi connectivity index (χ1n) is 5.64. The van der Waals surface area contributed by atoms with Gasteiger partial charge in [0.1, 0.15) is 5.82 Å². The van der Waals surface area contributed by atoms with Gasteiger partial charge in [0.2, 0.25) is 0 Å². The van der Waals surface area contributed by atoms with E-state index in [1.807, 2.05) is 33.0 Å². The Morgan fingerprint density at radius 1 is 1.44 bits per heavy atom. The van der Waals surface area contributed by atoms with Crippen molar-refractivity contribution in [3.8, 4) is 0 Å². The molecule has 1 rings (SSSR count). The summed E-state index contributed by atoms with van der Waals surface area (Å²) >= 11 is 0. The molecule has 2 N–H and O–H groups in total. The molecule has 4 heteroatoms. The lowest BCUT2D eigenvalue weighted by molar-refractivity contribution is 0.154. The normalized spacial score (nSPS) is 10.5. The maximum atomic E-state index is 5.60. The zero-order chi connectivity index (χ0) is 12.0. The molecule has 90 valence electrons. The predicted molar refractivity (Wildman–Crippen MR) is 66.6 cm³/mol. The lowest BCUT2D eigenvalue weighted by Gasteiger charge is -2.19. The van der Waals surface area contributed by atoms with Crippen LogP contribution in [-0.4, -0.2) is 31.8 Å². The number of nitrogens with zero attached hydrogens (tertiary/aromatic N) is 2. The number of pyridine rings is 1. The third-order valence-electron chi connectivity index (χ3n) is 2.57. The zero-order valence-corrected chi connectivity index (χ0v) is 10.4. The highest BCUT2D eigenvalue weighted by molar-refractivity contribution is 5.40. The van der Waals surface area contributed by atoms with Crippen LogP contribution in [0.4, 0.5) is 5.82 Å². The van der Waals surface area contributed by atoms with Gasteiger partial charge < -0.3 is 15.4 Å². The molecule has 1 heterocycles. The summed E-state index contributed by atoms with van der Waals surface area (Å²) in [7, 11) is 2.02. The van der Waals surface area contributed by atoms with Crippen LogP contribution in [0.1, 0.15) is 18.2 Å². The third-order valence-corrected chi connectivity index (χ3v) is 2.57. The van der Waals surface area contributed by atoms with Crippen LogP contribution < -0.4 is 10.6 Å². The molecule has 0 amide bonds. The largest absolute Gasteiger partial charge is 0.380 e. The topological polar surface area (TPSA) is 51.4 Å². The van der Waals surface area contributed by atoms with Crippen molar-refractivity contribution in [2.24, 2.45) is 5.73 Å². The first kappa shape index (κ1) is 12.9. The monoisotopic (exact) mass is 223 g/mol. The molecule has 0 spiro atoms. The third kappa shape index (κ3) is 3.47. The fourth-order valence-electron chi connectivity index (χ4n) is 1.47. The number of likely N-dealkylation sites (N-methyl/N-ethyl adjacent to an activating group) is 1. The van der Waals surface area contributed by atoms with Gasteiger partial charge in [-0.15, -0.1) is 0 Å². The summed E-state index contributed by atoms with van der Waals surface area (Å²) in [6.45, 7) is 6.86. The smallest absolute Gasteiger partial charge is 0.128 e. The minimum absolute atomic E-state index is 0.543. The standard InChI is InChI=1S/C12H21N3O/c1-4-16-8-7-15(3)12-6-5-11(9-13)10(2)14-12/h5-6H,4,7-9,13H2,1-3H3. The number of anilines is 1. The van der Waals surface area contributed by atoms with E-state index in [0.717, 1.165) is 36.8 Å². The maximum Gasteiger partial charge on any atom is 0.128 e. The molecule has 0 bridgehead atoms. The van der Waals surface area contributed by atoms with E-state index in [4.69, 9.17) is 10.5 Å². The number of rotatable bonds is 6. The Balaban J connectivity index is 2.62. The van der Waals surface area contributed by atoms with Gasteiger partial charge in [-0.3, -0.25) is 0 Å². The van der Waals surface area contributed by atoms with Gasteiger partial charge in [-0.25, -0.2) is 4.98 Å². The van der Waals surface area contributed by atoms with E-state index in [-0.39, 0.29) is 0 Å². The average molecular weight is 223 g/mol. The van der Waals surface area contributed by atoms with E-state index in [9.17, 15) is 0 Å². The Morgan fingerprint density at radius 3 is 2.75 bits per heavy atom. The van der Waals surface area contributed by atoms with Crippen LogP contribution in [0.3, 0.4) is 0 Å². The second-order valence-electron chi connectivity index (χ2n) is 3.74. The molecule has 4 nitrogen and oxygen atoms in total. The van der Waals surface area contributed by atoms with E-state index >= 15 is 0 Å². The van der Waals surface area contributed by atoms with Crippen LogP contribution in [-0.2, 0) is 11.3 Å². The van der Waals surface area contributed by atoms with Gasteiger partial charge >= 0.3 is 0 Å². The van der Waals surface area contributed by atoms with Crippen LogP contribution in [0.5, 0.6) is 0 Å². The van der Waals surface area contributed by atoms with Gasteiger partial charge in [0, 0.05) is 32.4 Å². The molecule has 0 aliphatic rings. The quantitative estimate of drug-likeness (QED) is 0.739. The summed E-state index contributed by atoms with van der Waals surface area (Å²) in [5.41, 5.74) is 7.70. The first-order valence-corrected chi connectivity index (χ1v) is 5.64. The van der Waals surface area contributed by atoms with E-state index in [1.54, 1.807) is 0 Å². The minimum Gasteiger partial charge on any atom is -0.380 e. The Kier molecular flexibility index (Phi) is 5.22. The molecule has 0 unspecified atom stereocenters.